The second-order valence-corrected chi connectivity index (χ2v) is 4.68. The van der Waals surface area contributed by atoms with Crippen LogP contribution in [0.1, 0.15) is 5.56 Å². The Hall–Kier alpha value is -2.45. The molecule has 0 heterocycles. The summed E-state index contributed by atoms with van der Waals surface area (Å²) in [6, 6.07) is 5.78. The number of carboxylic acids is 2. The number of carboxylic acid groups (broad SMARTS) is 2. The van der Waals surface area contributed by atoms with Gasteiger partial charge in [0.25, 0.3) is 10.1 Å². The van der Waals surface area contributed by atoms with Crippen LogP contribution in [0.15, 0.2) is 47.9 Å². The van der Waals surface area contributed by atoms with Crippen LogP contribution in [0.5, 0.6) is 0 Å². The van der Waals surface area contributed by atoms with Crippen molar-refractivity contribution in [2.75, 3.05) is 0 Å². The third kappa shape index (κ3) is 7.80. The van der Waals surface area contributed by atoms with Gasteiger partial charge in [0, 0.05) is 12.2 Å². The summed E-state index contributed by atoms with van der Waals surface area (Å²) in [5.41, 5.74) is 0.808. The molecule has 0 atom stereocenters. The zero-order chi connectivity index (χ0) is 15.8. The van der Waals surface area contributed by atoms with Gasteiger partial charge in [-0.05, 0) is 17.7 Å². The first kappa shape index (κ1) is 17.6. The monoisotopic (exact) mass is 300 g/mol. The predicted octanol–water partition coefficient (Wildman–Crippen LogP) is 1.29. The molecule has 0 spiro atoms. The Kier molecular flexibility index (Phi) is 6.91. The smallest absolute Gasteiger partial charge is 0.328 e. The van der Waals surface area contributed by atoms with E-state index in [0.29, 0.717) is 12.2 Å². The fourth-order valence-electron chi connectivity index (χ4n) is 0.918. The Labute approximate surface area is 115 Å². The number of aliphatic carboxylic acids is 2. The van der Waals surface area contributed by atoms with Crippen molar-refractivity contribution in [2.24, 2.45) is 0 Å². The van der Waals surface area contributed by atoms with Crippen LogP contribution in [-0.4, -0.2) is 35.1 Å². The molecule has 1 aromatic carbocycles. The van der Waals surface area contributed by atoms with Crippen molar-refractivity contribution in [1.82, 2.24) is 0 Å². The maximum Gasteiger partial charge on any atom is 0.328 e. The number of hydrogen-bond acceptors (Lipinski definition) is 4. The van der Waals surface area contributed by atoms with Crippen LogP contribution in [0.2, 0.25) is 0 Å². The molecule has 0 saturated carbocycles. The minimum absolute atomic E-state index is 0.104. The maximum absolute atomic E-state index is 10.6. The molecule has 20 heavy (non-hydrogen) atoms. The van der Waals surface area contributed by atoms with E-state index in [1.165, 1.54) is 12.1 Å². The SMILES string of the molecule is C=Cc1ccc(S(=O)(=O)O)cc1.O=C(O)/C=C\C(=O)O. The van der Waals surface area contributed by atoms with Crippen molar-refractivity contribution in [1.29, 1.82) is 0 Å². The van der Waals surface area contributed by atoms with Gasteiger partial charge in [0.1, 0.15) is 0 Å². The van der Waals surface area contributed by atoms with E-state index in [0.717, 1.165) is 5.56 Å². The fourth-order valence-corrected chi connectivity index (χ4v) is 1.40. The molecule has 0 aliphatic heterocycles. The summed E-state index contributed by atoms with van der Waals surface area (Å²) in [5, 5.41) is 15.6. The van der Waals surface area contributed by atoms with Gasteiger partial charge in [-0.25, -0.2) is 9.59 Å². The summed E-state index contributed by atoms with van der Waals surface area (Å²) >= 11 is 0. The van der Waals surface area contributed by atoms with E-state index in [9.17, 15) is 18.0 Å². The van der Waals surface area contributed by atoms with Crippen molar-refractivity contribution in [3.8, 4) is 0 Å². The third-order valence-corrected chi connectivity index (χ3v) is 2.65. The molecule has 8 heteroatoms. The highest BCUT2D eigenvalue weighted by molar-refractivity contribution is 7.85. The maximum atomic E-state index is 10.6. The highest BCUT2D eigenvalue weighted by Gasteiger charge is 2.07. The first-order valence-corrected chi connectivity index (χ1v) is 6.44. The molecule has 0 fully saturated rings. The Bertz CT molecular complexity index is 596. The molecule has 0 bridgehead atoms. The molecule has 3 N–H and O–H groups in total. The highest BCUT2D eigenvalue weighted by atomic mass is 32.2. The van der Waals surface area contributed by atoms with Crippen molar-refractivity contribution in [2.45, 2.75) is 4.90 Å². The Morgan fingerprint density at radius 1 is 1.00 bits per heavy atom. The van der Waals surface area contributed by atoms with Gasteiger partial charge in [0.2, 0.25) is 0 Å². The van der Waals surface area contributed by atoms with Crippen LogP contribution in [-0.2, 0) is 19.7 Å². The van der Waals surface area contributed by atoms with Crippen LogP contribution in [0.4, 0.5) is 0 Å². The van der Waals surface area contributed by atoms with Gasteiger partial charge in [-0.1, -0.05) is 24.8 Å². The minimum Gasteiger partial charge on any atom is -0.478 e. The Morgan fingerprint density at radius 3 is 1.65 bits per heavy atom. The zero-order valence-corrected chi connectivity index (χ0v) is 10.9. The molecule has 0 amide bonds. The number of carbonyl (C=O) groups is 2. The summed E-state index contributed by atoms with van der Waals surface area (Å²) in [7, 11) is -4.06. The van der Waals surface area contributed by atoms with E-state index in [-0.39, 0.29) is 4.90 Å². The van der Waals surface area contributed by atoms with Crippen LogP contribution in [0.3, 0.4) is 0 Å². The molecule has 0 unspecified atom stereocenters. The first-order chi connectivity index (χ1) is 9.16. The minimum atomic E-state index is -4.06. The van der Waals surface area contributed by atoms with Gasteiger partial charge in [-0.2, -0.15) is 8.42 Å². The van der Waals surface area contributed by atoms with Crippen molar-refractivity contribution in [3.05, 3.63) is 48.6 Å². The standard InChI is InChI=1S/C8H8O3S.C4H4O4/c1-2-7-3-5-8(6-4-7)12(9,10)11;5-3(6)1-2-4(7)8/h2-6H,1H2,(H,9,10,11);1-2H,(H,5,6)(H,7,8)/b;2-1-. The number of benzene rings is 1. The van der Waals surface area contributed by atoms with E-state index in [1.807, 2.05) is 0 Å². The van der Waals surface area contributed by atoms with Gasteiger partial charge >= 0.3 is 11.9 Å². The van der Waals surface area contributed by atoms with Crippen molar-refractivity contribution in [3.63, 3.8) is 0 Å². The quantitative estimate of drug-likeness (QED) is 0.564. The van der Waals surface area contributed by atoms with E-state index < -0.39 is 22.1 Å². The fraction of sp³-hybridized carbons (Fsp3) is 0. The zero-order valence-electron chi connectivity index (χ0n) is 10.1. The van der Waals surface area contributed by atoms with Gasteiger partial charge in [0.05, 0.1) is 4.90 Å². The molecule has 0 saturated heterocycles. The lowest BCUT2D eigenvalue weighted by Crippen LogP contribution is -1.96. The molecular weight excluding hydrogens is 288 g/mol. The Morgan fingerprint density at radius 2 is 1.40 bits per heavy atom. The van der Waals surface area contributed by atoms with Gasteiger partial charge in [0.15, 0.2) is 0 Å². The average molecular weight is 300 g/mol. The predicted molar refractivity (Wildman–Crippen MR) is 70.8 cm³/mol. The summed E-state index contributed by atoms with van der Waals surface area (Å²) in [6.07, 6.45) is 2.71. The second-order valence-electron chi connectivity index (χ2n) is 3.26. The highest BCUT2D eigenvalue weighted by Crippen LogP contribution is 2.10. The van der Waals surface area contributed by atoms with Gasteiger partial charge in [-0.3, -0.25) is 4.55 Å². The summed E-state index contributed by atoms with van der Waals surface area (Å²) in [6.45, 7) is 3.51. The summed E-state index contributed by atoms with van der Waals surface area (Å²) < 4.78 is 29.7. The molecule has 0 aliphatic carbocycles. The molecule has 0 aliphatic rings. The van der Waals surface area contributed by atoms with Crippen LogP contribution < -0.4 is 0 Å². The van der Waals surface area contributed by atoms with E-state index in [1.54, 1.807) is 18.2 Å². The second kappa shape index (κ2) is 7.87. The summed E-state index contributed by atoms with van der Waals surface area (Å²) in [5.74, 6) is -2.51. The van der Waals surface area contributed by atoms with Gasteiger partial charge < -0.3 is 10.2 Å². The van der Waals surface area contributed by atoms with Crippen molar-refractivity contribution < 1.29 is 32.8 Å². The topological polar surface area (TPSA) is 129 Å². The first-order valence-electron chi connectivity index (χ1n) is 5.00. The lowest BCUT2D eigenvalue weighted by atomic mass is 10.2. The molecule has 1 rings (SSSR count). The number of hydrogen-bond donors (Lipinski definition) is 3. The van der Waals surface area contributed by atoms with Crippen LogP contribution in [0, 0.1) is 0 Å². The van der Waals surface area contributed by atoms with Gasteiger partial charge in [-0.15, -0.1) is 0 Å². The average Bonchev–Trinajstić information content (AvgIpc) is 2.36. The van der Waals surface area contributed by atoms with E-state index in [2.05, 4.69) is 6.58 Å². The molecule has 7 nitrogen and oxygen atoms in total. The lowest BCUT2D eigenvalue weighted by molar-refractivity contribution is -0.134. The molecule has 1 aromatic rings. The van der Waals surface area contributed by atoms with Crippen LogP contribution in [0.25, 0.3) is 6.08 Å². The molecule has 108 valence electrons. The third-order valence-electron chi connectivity index (χ3n) is 1.78. The summed E-state index contributed by atoms with van der Waals surface area (Å²) in [4.78, 5) is 19.0. The normalized spacial score (nSPS) is 10.4. The molecular formula is C12H12O7S. The molecule has 0 radical (unpaired) electrons. The lowest BCUT2D eigenvalue weighted by Gasteiger charge is -1.96. The van der Waals surface area contributed by atoms with Crippen molar-refractivity contribution >= 4 is 28.1 Å². The largest absolute Gasteiger partial charge is 0.478 e. The molecule has 0 aromatic heterocycles. The van der Waals surface area contributed by atoms with E-state index >= 15 is 0 Å². The van der Waals surface area contributed by atoms with Crippen LogP contribution >= 0.6 is 0 Å². The number of rotatable bonds is 4. The van der Waals surface area contributed by atoms with E-state index in [4.69, 9.17) is 14.8 Å². The Balaban J connectivity index is 0.000000396.